The van der Waals surface area contributed by atoms with Crippen molar-refractivity contribution >= 4 is 18.0 Å². The van der Waals surface area contributed by atoms with E-state index in [0.717, 1.165) is 24.5 Å². The number of hydrogen-bond donors (Lipinski definition) is 1. The predicted molar refractivity (Wildman–Crippen MR) is 103 cm³/mol. The first-order chi connectivity index (χ1) is 12.4. The smallest absolute Gasteiger partial charge is 0.337 e. The lowest BCUT2D eigenvalue weighted by Gasteiger charge is -2.02. The van der Waals surface area contributed by atoms with E-state index in [1.54, 1.807) is 6.08 Å². The predicted octanol–water partition coefficient (Wildman–Crippen LogP) is 3.70. The molecule has 0 spiro atoms. The molecule has 0 fully saturated rings. The van der Waals surface area contributed by atoms with Crippen LogP contribution in [0.2, 0.25) is 0 Å². The Bertz CT molecular complexity index is 588. The van der Waals surface area contributed by atoms with E-state index in [9.17, 15) is 9.59 Å². The van der Waals surface area contributed by atoms with Gasteiger partial charge in [-0.25, -0.2) is 9.59 Å². The fourth-order valence-electron chi connectivity index (χ4n) is 1.49. The molecule has 0 saturated heterocycles. The van der Waals surface area contributed by atoms with Gasteiger partial charge in [0.1, 0.15) is 6.61 Å². The van der Waals surface area contributed by atoms with Crippen LogP contribution >= 0.6 is 0 Å². The van der Waals surface area contributed by atoms with E-state index in [1.807, 2.05) is 36.4 Å². The number of carbonyl (C=O) groups is 2. The summed E-state index contributed by atoms with van der Waals surface area (Å²) in [6, 6.07) is 9.77. The second-order valence-electron chi connectivity index (χ2n) is 5.44. The lowest BCUT2D eigenvalue weighted by atomic mass is 10.2. The van der Waals surface area contributed by atoms with Crippen molar-refractivity contribution in [3.05, 3.63) is 66.8 Å². The quantitative estimate of drug-likeness (QED) is 0.315. The van der Waals surface area contributed by atoms with Gasteiger partial charge in [-0.15, -0.1) is 0 Å². The summed E-state index contributed by atoms with van der Waals surface area (Å²) < 4.78 is 9.49. The van der Waals surface area contributed by atoms with Crippen LogP contribution in [0.5, 0.6) is 0 Å². The van der Waals surface area contributed by atoms with Gasteiger partial charge >= 0.3 is 11.9 Å². The van der Waals surface area contributed by atoms with Crippen LogP contribution in [0.15, 0.2) is 61.2 Å². The molecule has 1 rings (SSSR count). The van der Waals surface area contributed by atoms with Crippen LogP contribution < -0.4 is 0 Å². The van der Waals surface area contributed by atoms with Gasteiger partial charge in [0.25, 0.3) is 0 Å². The summed E-state index contributed by atoms with van der Waals surface area (Å²) in [6.07, 6.45) is 5.89. The molecule has 26 heavy (non-hydrogen) atoms. The van der Waals surface area contributed by atoms with E-state index in [-0.39, 0.29) is 12.6 Å². The highest BCUT2D eigenvalue weighted by Crippen LogP contribution is 2.05. The first-order valence-electron chi connectivity index (χ1n) is 8.47. The van der Waals surface area contributed by atoms with E-state index in [0.29, 0.717) is 12.2 Å². The molecule has 0 saturated carbocycles. The molecule has 5 nitrogen and oxygen atoms in total. The molecular weight excluding hydrogens is 332 g/mol. The minimum absolute atomic E-state index is 0.0326. The first kappa shape index (κ1) is 23.3. The number of ether oxygens (including phenoxy) is 2. The van der Waals surface area contributed by atoms with Gasteiger partial charge in [0, 0.05) is 6.08 Å². The van der Waals surface area contributed by atoms with Crippen LogP contribution in [-0.4, -0.2) is 36.4 Å². The van der Waals surface area contributed by atoms with Crippen LogP contribution in [0.3, 0.4) is 0 Å². The van der Waals surface area contributed by atoms with Gasteiger partial charge in [0.05, 0.1) is 18.3 Å². The SMILES string of the molecule is C=C(C=Cc1ccccc1)C(=O)OCCCC.C=CC(=O)OCC(C)O. The molecule has 0 aliphatic carbocycles. The van der Waals surface area contributed by atoms with Crippen LogP contribution in [0.4, 0.5) is 0 Å². The molecule has 0 heterocycles. The number of aliphatic hydroxyl groups excluding tert-OH is 1. The van der Waals surface area contributed by atoms with Crippen molar-refractivity contribution in [1.29, 1.82) is 0 Å². The second kappa shape index (κ2) is 14.7. The van der Waals surface area contributed by atoms with Crippen LogP contribution in [0, 0.1) is 0 Å². The summed E-state index contributed by atoms with van der Waals surface area (Å²) in [5, 5.41) is 8.59. The van der Waals surface area contributed by atoms with Gasteiger partial charge < -0.3 is 14.6 Å². The summed E-state index contributed by atoms with van der Waals surface area (Å²) in [6.45, 7) is 11.0. The van der Waals surface area contributed by atoms with E-state index in [4.69, 9.17) is 9.84 Å². The van der Waals surface area contributed by atoms with Crippen molar-refractivity contribution in [2.24, 2.45) is 0 Å². The Morgan fingerprint density at radius 3 is 2.42 bits per heavy atom. The van der Waals surface area contributed by atoms with Gasteiger partial charge in [0.2, 0.25) is 0 Å². The van der Waals surface area contributed by atoms with Crippen molar-refractivity contribution in [2.75, 3.05) is 13.2 Å². The zero-order valence-corrected chi connectivity index (χ0v) is 15.5. The molecule has 1 aromatic rings. The Labute approximate surface area is 155 Å². The number of benzene rings is 1. The van der Waals surface area contributed by atoms with Gasteiger partial charge in [-0.2, -0.15) is 0 Å². The van der Waals surface area contributed by atoms with Crippen molar-refractivity contribution in [1.82, 2.24) is 0 Å². The summed E-state index contributed by atoms with van der Waals surface area (Å²) in [4.78, 5) is 21.7. The minimum atomic E-state index is -0.603. The second-order valence-corrected chi connectivity index (χ2v) is 5.44. The molecule has 0 aromatic heterocycles. The van der Waals surface area contributed by atoms with Crippen molar-refractivity contribution < 1.29 is 24.2 Å². The first-order valence-corrected chi connectivity index (χ1v) is 8.47. The third-order valence-corrected chi connectivity index (χ3v) is 2.90. The van der Waals surface area contributed by atoms with Crippen molar-refractivity contribution in [3.63, 3.8) is 0 Å². The molecule has 142 valence electrons. The highest BCUT2D eigenvalue weighted by atomic mass is 16.5. The van der Waals surface area contributed by atoms with Crippen LogP contribution in [0.1, 0.15) is 32.3 Å². The summed E-state index contributed by atoms with van der Waals surface area (Å²) in [5.41, 5.74) is 1.42. The molecule has 0 bridgehead atoms. The average Bonchev–Trinajstić information content (AvgIpc) is 2.65. The Morgan fingerprint density at radius 2 is 1.88 bits per heavy atom. The number of esters is 2. The number of rotatable bonds is 9. The Hall–Kier alpha value is -2.66. The monoisotopic (exact) mass is 360 g/mol. The molecule has 1 atom stereocenters. The highest BCUT2D eigenvalue weighted by molar-refractivity contribution is 5.92. The Balaban J connectivity index is 0.000000590. The van der Waals surface area contributed by atoms with Gasteiger partial charge in [-0.1, -0.05) is 62.9 Å². The number of unbranched alkanes of at least 4 members (excludes halogenated alkanes) is 1. The highest BCUT2D eigenvalue weighted by Gasteiger charge is 2.04. The normalized spacial score (nSPS) is 11.0. The van der Waals surface area contributed by atoms with Gasteiger partial charge in [-0.05, 0) is 25.0 Å². The Kier molecular flexibility index (Phi) is 13.2. The van der Waals surface area contributed by atoms with E-state index in [2.05, 4.69) is 24.8 Å². The minimum Gasteiger partial charge on any atom is -0.462 e. The van der Waals surface area contributed by atoms with Gasteiger partial charge in [0.15, 0.2) is 0 Å². The molecule has 0 radical (unpaired) electrons. The number of carbonyl (C=O) groups excluding carboxylic acids is 2. The molecule has 1 N–H and O–H groups in total. The van der Waals surface area contributed by atoms with E-state index in [1.165, 1.54) is 6.92 Å². The maximum Gasteiger partial charge on any atom is 0.337 e. The van der Waals surface area contributed by atoms with Gasteiger partial charge in [-0.3, -0.25) is 0 Å². The summed E-state index contributed by atoms with van der Waals surface area (Å²) in [7, 11) is 0. The lowest BCUT2D eigenvalue weighted by molar-refractivity contribution is -0.140. The van der Waals surface area contributed by atoms with Crippen molar-refractivity contribution in [2.45, 2.75) is 32.8 Å². The molecule has 0 aliphatic rings. The summed E-state index contributed by atoms with van der Waals surface area (Å²) in [5.74, 6) is -0.846. The fourth-order valence-corrected chi connectivity index (χ4v) is 1.49. The van der Waals surface area contributed by atoms with Crippen molar-refractivity contribution in [3.8, 4) is 0 Å². The van der Waals surface area contributed by atoms with E-state index < -0.39 is 12.1 Å². The zero-order valence-electron chi connectivity index (χ0n) is 15.5. The van der Waals surface area contributed by atoms with E-state index >= 15 is 0 Å². The van der Waals surface area contributed by atoms with Crippen LogP contribution in [0.25, 0.3) is 6.08 Å². The molecule has 1 aromatic carbocycles. The molecule has 0 amide bonds. The zero-order chi connectivity index (χ0) is 19.8. The standard InChI is InChI=1S/C15H18O2.C6H10O3/c1-3-4-12-17-15(16)13(2)10-11-14-8-6-5-7-9-14;1-3-6(8)9-4-5(2)7/h5-11H,2-4,12H2,1H3;3,5,7H,1,4H2,2H3. The summed E-state index contributed by atoms with van der Waals surface area (Å²) >= 11 is 0. The average molecular weight is 360 g/mol. The largest absolute Gasteiger partial charge is 0.462 e. The molecule has 5 heteroatoms. The lowest BCUT2D eigenvalue weighted by Crippen LogP contribution is -2.13. The third kappa shape index (κ3) is 12.7. The number of aliphatic hydroxyl groups is 1. The third-order valence-electron chi connectivity index (χ3n) is 2.90. The molecule has 1 unspecified atom stereocenters. The molecule has 0 aliphatic heterocycles. The topological polar surface area (TPSA) is 72.8 Å². The number of hydrogen-bond acceptors (Lipinski definition) is 5. The Morgan fingerprint density at radius 1 is 1.23 bits per heavy atom. The fraction of sp³-hybridized carbons (Fsp3) is 0.333. The maximum absolute atomic E-state index is 11.5. The molecular formula is C21H28O5. The maximum atomic E-state index is 11.5. The van der Waals surface area contributed by atoms with Crippen LogP contribution in [-0.2, 0) is 19.1 Å².